The third kappa shape index (κ3) is 2.73. The molecule has 0 saturated heterocycles. The maximum absolute atomic E-state index is 11.3. The summed E-state index contributed by atoms with van der Waals surface area (Å²) in [4.78, 5) is 23.6. The van der Waals surface area contributed by atoms with E-state index in [4.69, 9.17) is 0 Å². The van der Waals surface area contributed by atoms with Crippen LogP contribution in [-0.4, -0.2) is 36.5 Å². The van der Waals surface area contributed by atoms with E-state index in [-0.39, 0.29) is 12.6 Å². The summed E-state index contributed by atoms with van der Waals surface area (Å²) in [5.74, 6) is 0.202. The summed E-state index contributed by atoms with van der Waals surface area (Å²) in [5.41, 5.74) is 0. The van der Waals surface area contributed by atoms with E-state index in [2.05, 4.69) is 4.74 Å². The zero-order chi connectivity index (χ0) is 10.6. The molecule has 5 heteroatoms. The van der Waals surface area contributed by atoms with Crippen molar-refractivity contribution in [1.82, 2.24) is 4.90 Å². The van der Waals surface area contributed by atoms with Crippen LogP contribution in [0.4, 0.5) is 4.39 Å². The Balaban J connectivity index is 2.34. The highest BCUT2D eigenvalue weighted by molar-refractivity contribution is 6.32. The average molecular weight is 199 g/mol. The Morgan fingerprint density at radius 3 is 2.71 bits per heavy atom. The molecule has 76 valence electrons. The SMILES string of the molecule is CN(C(=O)C(=O)OCC#CF)C1CC1. The van der Waals surface area contributed by atoms with Crippen molar-refractivity contribution in [3.8, 4) is 12.1 Å². The first kappa shape index (κ1) is 10.5. The molecule has 0 aliphatic heterocycles. The van der Waals surface area contributed by atoms with Crippen molar-refractivity contribution < 1.29 is 18.7 Å². The van der Waals surface area contributed by atoms with E-state index in [1.165, 1.54) is 4.90 Å². The number of rotatable bonds is 2. The number of carbonyl (C=O) groups excluding carboxylic acids is 2. The van der Waals surface area contributed by atoms with E-state index in [1.807, 2.05) is 5.92 Å². The van der Waals surface area contributed by atoms with Gasteiger partial charge in [-0.15, -0.1) is 4.39 Å². The molecule has 0 aromatic heterocycles. The Morgan fingerprint density at radius 1 is 1.57 bits per heavy atom. The van der Waals surface area contributed by atoms with Crippen LogP contribution in [0.1, 0.15) is 12.8 Å². The molecule has 0 radical (unpaired) electrons. The first-order valence-electron chi connectivity index (χ1n) is 4.19. The van der Waals surface area contributed by atoms with Crippen molar-refractivity contribution in [2.75, 3.05) is 13.7 Å². The highest BCUT2D eigenvalue weighted by Crippen LogP contribution is 2.25. The van der Waals surface area contributed by atoms with Gasteiger partial charge >= 0.3 is 11.9 Å². The molecular formula is C9H10FNO3. The van der Waals surface area contributed by atoms with E-state index < -0.39 is 11.9 Å². The lowest BCUT2D eigenvalue weighted by molar-refractivity contribution is -0.158. The summed E-state index contributed by atoms with van der Waals surface area (Å²) in [7, 11) is 1.54. The number of nitrogens with zero attached hydrogens (tertiary/aromatic N) is 1. The van der Waals surface area contributed by atoms with Crippen LogP contribution in [0.2, 0.25) is 0 Å². The highest BCUT2D eigenvalue weighted by Gasteiger charge is 2.33. The van der Waals surface area contributed by atoms with E-state index >= 15 is 0 Å². The van der Waals surface area contributed by atoms with Crippen LogP contribution in [0.25, 0.3) is 0 Å². The largest absolute Gasteiger partial charge is 0.445 e. The molecule has 0 atom stereocenters. The van der Waals surface area contributed by atoms with Crippen LogP contribution in [0.3, 0.4) is 0 Å². The molecular weight excluding hydrogens is 189 g/mol. The van der Waals surface area contributed by atoms with Gasteiger partial charge in [0, 0.05) is 13.1 Å². The van der Waals surface area contributed by atoms with E-state index in [0.29, 0.717) is 0 Å². The van der Waals surface area contributed by atoms with Gasteiger partial charge in [0.05, 0.1) is 0 Å². The van der Waals surface area contributed by atoms with Crippen molar-refractivity contribution in [2.24, 2.45) is 0 Å². The minimum Gasteiger partial charge on any atom is -0.445 e. The molecule has 0 spiro atoms. The minimum atomic E-state index is -0.984. The number of ether oxygens (including phenoxy) is 1. The third-order valence-electron chi connectivity index (χ3n) is 1.93. The van der Waals surface area contributed by atoms with Gasteiger partial charge in [0.25, 0.3) is 0 Å². The topological polar surface area (TPSA) is 46.6 Å². The molecule has 0 aromatic rings. The van der Waals surface area contributed by atoms with Crippen LogP contribution >= 0.6 is 0 Å². The lowest BCUT2D eigenvalue weighted by atomic mass is 10.5. The third-order valence-corrected chi connectivity index (χ3v) is 1.93. The molecule has 1 fully saturated rings. The maximum atomic E-state index is 11.3. The fraction of sp³-hybridized carbons (Fsp3) is 0.556. The molecule has 4 nitrogen and oxygen atoms in total. The summed E-state index contributed by atoms with van der Waals surface area (Å²) in [6, 6.07) is 0.155. The summed E-state index contributed by atoms with van der Waals surface area (Å²) < 4.78 is 15.7. The monoisotopic (exact) mass is 199 g/mol. The molecule has 0 aromatic carbocycles. The second kappa shape index (κ2) is 4.61. The molecule has 1 aliphatic rings. The summed E-state index contributed by atoms with van der Waals surface area (Å²) in [6.07, 6.45) is 2.91. The first-order chi connectivity index (χ1) is 6.66. The second-order valence-corrected chi connectivity index (χ2v) is 2.99. The number of hydrogen-bond acceptors (Lipinski definition) is 3. The Bertz CT molecular complexity index is 301. The van der Waals surface area contributed by atoms with Crippen molar-refractivity contribution in [3.63, 3.8) is 0 Å². The Labute approximate surface area is 81.0 Å². The standard InChI is InChI=1S/C9H10FNO3/c1-11(7-3-4-7)8(12)9(13)14-6-2-5-10/h7H,3-4,6H2,1H3. The summed E-state index contributed by atoms with van der Waals surface area (Å²) in [6.45, 7) is -0.389. The first-order valence-corrected chi connectivity index (χ1v) is 4.19. The molecule has 1 aliphatic carbocycles. The molecule has 1 amide bonds. The summed E-state index contributed by atoms with van der Waals surface area (Å²) >= 11 is 0. The fourth-order valence-corrected chi connectivity index (χ4v) is 0.962. The van der Waals surface area contributed by atoms with Gasteiger partial charge in [-0.25, -0.2) is 4.79 Å². The Morgan fingerprint density at radius 2 is 2.21 bits per heavy atom. The molecule has 0 unspecified atom stereocenters. The molecule has 0 heterocycles. The molecule has 14 heavy (non-hydrogen) atoms. The van der Waals surface area contributed by atoms with Gasteiger partial charge in [-0.1, -0.05) is 0 Å². The predicted octanol–water partition coefficient (Wildman–Crippen LogP) is 0.0808. The van der Waals surface area contributed by atoms with E-state index in [0.717, 1.165) is 19.0 Å². The van der Waals surface area contributed by atoms with Gasteiger partial charge in [0.1, 0.15) is 6.17 Å². The van der Waals surface area contributed by atoms with Gasteiger partial charge in [-0.05, 0) is 18.8 Å². The van der Waals surface area contributed by atoms with Crippen molar-refractivity contribution in [2.45, 2.75) is 18.9 Å². The quantitative estimate of drug-likeness (QED) is 0.359. The van der Waals surface area contributed by atoms with Crippen LogP contribution in [0.5, 0.6) is 0 Å². The highest BCUT2D eigenvalue weighted by atomic mass is 19.1. The summed E-state index contributed by atoms with van der Waals surface area (Å²) in [5, 5.41) is 0. The average Bonchev–Trinajstić information content (AvgIpc) is 2.99. The molecule has 0 N–H and O–H groups in total. The lowest BCUT2D eigenvalue weighted by Gasteiger charge is -2.13. The number of hydrogen-bond donors (Lipinski definition) is 0. The van der Waals surface area contributed by atoms with Crippen molar-refractivity contribution >= 4 is 11.9 Å². The second-order valence-electron chi connectivity index (χ2n) is 2.99. The van der Waals surface area contributed by atoms with Crippen LogP contribution in [0, 0.1) is 12.1 Å². The van der Waals surface area contributed by atoms with Crippen molar-refractivity contribution in [3.05, 3.63) is 0 Å². The van der Waals surface area contributed by atoms with Gasteiger partial charge in [0.15, 0.2) is 6.61 Å². The molecule has 1 saturated carbocycles. The smallest absolute Gasteiger partial charge is 0.397 e. The Kier molecular flexibility index (Phi) is 3.46. The number of amides is 1. The molecule has 0 bridgehead atoms. The predicted molar refractivity (Wildman–Crippen MR) is 45.6 cm³/mol. The zero-order valence-corrected chi connectivity index (χ0v) is 7.75. The normalized spacial score (nSPS) is 13.9. The zero-order valence-electron chi connectivity index (χ0n) is 7.75. The van der Waals surface area contributed by atoms with Gasteiger partial charge in [0.2, 0.25) is 0 Å². The Hall–Kier alpha value is -1.57. The van der Waals surface area contributed by atoms with Crippen LogP contribution < -0.4 is 0 Å². The van der Waals surface area contributed by atoms with Crippen LogP contribution in [-0.2, 0) is 14.3 Å². The van der Waals surface area contributed by atoms with Crippen LogP contribution in [0.15, 0.2) is 0 Å². The minimum absolute atomic E-state index is 0.155. The van der Waals surface area contributed by atoms with Gasteiger partial charge in [-0.2, -0.15) is 0 Å². The number of halogens is 1. The molecule has 1 rings (SSSR count). The van der Waals surface area contributed by atoms with Gasteiger partial charge in [-0.3, -0.25) is 4.79 Å². The van der Waals surface area contributed by atoms with Crippen molar-refractivity contribution in [1.29, 1.82) is 0 Å². The van der Waals surface area contributed by atoms with E-state index in [1.54, 1.807) is 7.05 Å². The number of likely N-dealkylation sites (N-methyl/N-ethyl adjacent to an activating group) is 1. The fourth-order valence-electron chi connectivity index (χ4n) is 0.962. The maximum Gasteiger partial charge on any atom is 0.397 e. The number of carbonyl (C=O) groups is 2. The van der Waals surface area contributed by atoms with E-state index in [9.17, 15) is 14.0 Å². The van der Waals surface area contributed by atoms with Gasteiger partial charge < -0.3 is 9.64 Å². The lowest BCUT2D eigenvalue weighted by Crippen LogP contribution is -2.36. The number of esters is 1.